The van der Waals surface area contributed by atoms with Gasteiger partial charge in [0.2, 0.25) is 5.56 Å². The van der Waals surface area contributed by atoms with Crippen LogP contribution in [0.2, 0.25) is 0 Å². The van der Waals surface area contributed by atoms with Crippen LogP contribution in [0.15, 0.2) is 47.3 Å². The van der Waals surface area contributed by atoms with Crippen LogP contribution in [0.1, 0.15) is 10.5 Å². The lowest BCUT2D eigenvalue weighted by atomic mass is 10.2. The van der Waals surface area contributed by atoms with Crippen molar-refractivity contribution in [1.29, 1.82) is 0 Å². The number of aromatic amines is 1. The van der Waals surface area contributed by atoms with E-state index in [1.54, 1.807) is 6.07 Å². The van der Waals surface area contributed by atoms with Crippen LogP contribution < -0.4 is 10.5 Å². The molecule has 0 aliphatic rings. The molecule has 1 heterocycles. The summed E-state index contributed by atoms with van der Waals surface area (Å²) in [6.07, 6.45) is 0. The third kappa shape index (κ3) is 2.45. The zero-order chi connectivity index (χ0) is 13.1. The predicted molar refractivity (Wildman–Crippen MR) is 66.2 cm³/mol. The van der Waals surface area contributed by atoms with Gasteiger partial charge in [-0.2, -0.15) is 0 Å². The fourth-order valence-corrected chi connectivity index (χ4v) is 1.56. The summed E-state index contributed by atoms with van der Waals surface area (Å²) in [4.78, 5) is 26.9. The van der Waals surface area contributed by atoms with Crippen LogP contribution in [0.4, 0.5) is 10.1 Å². The fourth-order valence-electron chi connectivity index (χ4n) is 1.56. The van der Waals surface area contributed by atoms with Crippen LogP contribution in [-0.4, -0.2) is 17.9 Å². The number of aromatic nitrogens is 1. The summed E-state index contributed by atoms with van der Waals surface area (Å²) in [5.74, 6) is -0.827. The normalized spacial score (nSPS) is 10.1. The average Bonchev–Trinajstić information content (AvgIpc) is 2.37. The molecular weight excluding hydrogens is 235 g/mol. The van der Waals surface area contributed by atoms with Gasteiger partial charge < -0.3 is 9.88 Å². The number of anilines is 1. The molecule has 0 aliphatic heterocycles. The zero-order valence-electron chi connectivity index (χ0n) is 9.68. The molecule has 5 heteroatoms. The number of nitrogens with zero attached hydrogens (tertiary/aromatic N) is 1. The fraction of sp³-hybridized carbons (Fsp3) is 0.0769. The third-order valence-corrected chi connectivity index (χ3v) is 2.50. The Balaban J connectivity index is 2.32. The van der Waals surface area contributed by atoms with E-state index in [2.05, 4.69) is 4.98 Å². The van der Waals surface area contributed by atoms with E-state index in [1.165, 1.54) is 48.3 Å². The van der Waals surface area contributed by atoms with Crippen molar-refractivity contribution in [2.45, 2.75) is 0 Å². The van der Waals surface area contributed by atoms with Crippen LogP contribution in [-0.2, 0) is 0 Å². The van der Waals surface area contributed by atoms with Crippen LogP contribution in [0, 0.1) is 5.82 Å². The highest BCUT2D eigenvalue weighted by Gasteiger charge is 2.14. The molecule has 0 fully saturated rings. The number of carbonyl (C=O) groups is 1. The first-order valence-electron chi connectivity index (χ1n) is 5.31. The molecule has 0 atom stereocenters. The van der Waals surface area contributed by atoms with Gasteiger partial charge in [0.05, 0.1) is 0 Å². The molecule has 0 spiro atoms. The maximum absolute atomic E-state index is 13.1. The maximum atomic E-state index is 13.1. The summed E-state index contributed by atoms with van der Waals surface area (Å²) in [6, 6.07) is 9.99. The highest BCUT2D eigenvalue weighted by Crippen LogP contribution is 2.15. The molecule has 2 rings (SSSR count). The number of rotatable bonds is 2. The van der Waals surface area contributed by atoms with E-state index in [9.17, 15) is 14.0 Å². The number of benzene rings is 1. The second-order valence-corrected chi connectivity index (χ2v) is 3.77. The standard InChI is InChI=1S/C13H11FN2O2/c1-16(10-5-2-4-9(14)8-10)13(18)11-6-3-7-12(17)15-11/h2-8H,1H3,(H,15,17). The molecule has 0 aliphatic carbocycles. The van der Waals surface area contributed by atoms with Gasteiger partial charge in [-0.05, 0) is 24.3 Å². The number of pyridine rings is 1. The Bertz CT molecular complexity index is 637. The number of hydrogen-bond acceptors (Lipinski definition) is 2. The molecule has 1 amide bonds. The topological polar surface area (TPSA) is 53.2 Å². The molecule has 1 N–H and O–H groups in total. The molecular formula is C13H11FN2O2. The molecule has 0 bridgehead atoms. The SMILES string of the molecule is CN(C(=O)c1cccc(=O)[nH]1)c1cccc(F)c1. The van der Waals surface area contributed by atoms with Crippen LogP contribution >= 0.6 is 0 Å². The quantitative estimate of drug-likeness (QED) is 0.878. The van der Waals surface area contributed by atoms with Crippen LogP contribution in [0.5, 0.6) is 0 Å². The number of halogens is 1. The number of hydrogen-bond donors (Lipinski definition) is 1. The maximum Gasteiger partial charge on any atom is 0.274 e. The lowest BCUT2D eigenvalue weighted by molar-refractivity contribution is 0.0988. The summed E-state index contributed by atoms with van der Waals surface area (Å²) < 4.78 is 13.1. The van der Waals surface area contributed by atoms with Gasteiger partial charge >= 0.3 is 0 Å². The van der Waals surface area contributed by atoms with Crippen molar-refractivity contribution < 1.29 is 9.18 Å². The van der Waals surface area contributed by atoms with Crippen molar-refractivity contribution in [1.82, 2.24) is 4.98 Å². The van der Waals surface area contributed by atoms with Crippen molar-refractivity contribution in [2.24, 2.45) is 0 Å². The Morgan fingerprint density at radius 2 is 1.94 bits per heavy atom. The molecule has 18 heavy (non-hydrogen) atoms. The second kappa shape index (κ2) is 4.83. The average molecular weight is 246 g/mol. The van der Waals surface area contributed by atoms with Gasteiger partial charge in [0.15, 0.2) is 0 Å². The lowest BCUT2D eigenvalue weighted by Crippen LogP contribution is -2.28. The first-order valence-corrected chi connectivity index (χ1v) is 5.31. The van der Waals surface area contributed by atoms with Gasteiger partial charge in [-0.25, -0.2) is 4.39 Å². The zero-order valence-corrected chi connectivity index (χ0v) is 9.68. The smallest absolute Gasteiger partial charge is 0.274 e. The summed E-state index contributed by atoms with van der Waals surface area (Å²) in [6.45, 7) is 0. The van der Waals surface area contributed by atoms with Gasteiger partial charge in [-0.15, -0.1) is 0 Å². The Morgan fingerprint density at radius 3 is 2.61 bits per heavy atom. The van der Waals surface area contributed by atoms with E-state index in [4.69, 9.17) is 0 Å². The minimum atomic E-state index is -0.422. The van der Waals surface area contributed by atoms with Gasteiger partial charge in [-0.3, -0.25) is 9.59 Å². The van der Waals surface area contributed by atoms with E-state index in [1.807, 2.05) is 0 Å². The number of H-pyrrole nitrogens is 1. The minimum Gasteiger partial charge on any atom is -0.318 e. The highest BCUT2D eigenvalue weighted by atomic mass is 19.1. The van der Waals surface area contributed by atoms with Crippen molar-refractivity contribution in [3.8, 4) is 0 Å². The molecule has 92 valence electrons. The monoisotopic (exact) mass is 246 g/mol. The van der Waals surface area contributed by atoms with E-state index in [0.29, 0.717) is 5.69 Å². The van der Waals surface area contributed by atoms with E-state index in [0.717, 1.165) is 0 Å². The highest BCUT2D eigenvalue weighted by molar-refractivity contribution is 6.04. The van der Waals surface area contributed by atoms with Gasteiger partial charge in [0.1, 0.15) is 11.5 Å². The summed E-state index contributed by atoms with van der Waals surface area (Å²) in [7, 11) is 1.52. The van der Waals surface area contributed by atoms with Crippen molar-refractivity contribution in [3.63, 3.8) is 0 Å². The molecule has 0 saturated heterocycles. The van der Waals surface area contributed by atoms with Gasteiger partial charge in [0, 0.05) is 18.8 Å². The van der Waals surface area contributed by atoms with E-state index < -0.39 is 11.7 Å². The Kier molecular flexibility index (Phi) is 3.23. The predicted octanol–water partition coefficient (Wildman–Crippen LogP) is 1.79. The second-order valence-electron chi connectivity index (χ2n) is 3.77. The van der Waals surface area contributed by atoms with Crippen LogP contribution in [0.25, 0.3) is 0 Å². The number of carbonyl (C=O) groups excluding carboxylic acids is 1. The Hall–Kier alpha value is -2.43. The first kappa shape index (κ1) is 12.0. The lowest BCUT2D eigenvalue weighted by Gasteiger charge is -2.16. The Labute approximate surface area is 103 Å². The molecule has 0 unspecified atom stereocenters. The summed E-state index contributed by atoms with van der Waals surface area (Å²) >= 11 is 0. The van der Waals surface area contributed by atoms with Gasteiger partial charge in [0.25, 0.3) is 5.91 Å². The van der Waals surface area contributed by atoms with Crippen molar-refractivity contribution >= 4 is 11.6 Å². The molecule has 4 nitrogen and oxygen atoms in total. The van der Waals surface area contributed by atoms with E-state index >= 15 is 0 Å². The van der Waals surface area contributed by atoms with Crippen molar-refractivity contribution in [3.05, 3.63) is 64.3 Å². The summed E-state index contributed by atoms with van der Waals surface area (Å²) in [5.41, 5.74) is 0.229. The molecule has 0 radical (unpaired) electrons. The largest absolute Gasteiger partial charge is 0.318 e. The number of amides is 1. The van der Waals surface area contributed by atoms with Crippen molar-refractivity contribution in [2.75, 3.05) is 11.9 Å². The van der Waals surface area contributed by atoms with Gasteiger partial charge in [-0.1, -0.05) is 12.1 Å². The minimum absolute atomic E-state index is 0.161. The molecule has 1 aromatic heterocycles. The first-order chi connectivity index (χ1) is 8.58. The third-order valence-electron chi connectivity index (χ3n) is 2.50. The number of nitrogens with one attached hydrogen (secondary N) is 1. The molecule has 2 aromatic rings. The molecule has 1 aromatic carbocycles. The molecule has 0 saturated carbocycles. The van der Waals surface area contributed by atoms with E-state index in [-0.39, 0.29) is 11.3 Å². The Morgan fingerprint density at radius 1 is 1.22 bits per heavy atom. The summed E-state index contributed by atoms with van der Waals surface area (Å²) in [5, 5.41) is 0. The van der Waals surface area contributed by atoms with Crippen LogP contribution in [0.3, 0.4) is 0 Å².